The smallest absolute Gasteiger partial charge is 0.235 e. The first kappa shape index (κ1) is 22.1. The van der Waals surface area contributed by atoms with E-state index in [0.29, 0.717) is 17.1 Å². The average molecular weight is 416 g/mol. The van der Waals surface area contributed by atoms with Gasteiger partial charge in [0.15, 0.2) is 0 Å². The molecule has 1 fully saturated rings. The molecule has 0 aliphatic carbocycles. The summed E-state index contributed by atoms with van der Waals surface area (Å²) in [5.74, 6) is 0.515. The highest BCUT2D eigenvalue weighted by atomic mass is 35.5. The second-order valence-electron chi connectivity index (χ2n) is 7.35. The van der Waals surface area contributed by atoms with Gasteiger partial charge in [-0.3, -0.25) is 4.79 Å². The third kappa shape index (κ3) is 7.78. The zero-order valence-corrected chi connectivity index (χ0v) is 17.7. The molecule has 0 aromatic heterocycles. The second-order valence-corrected chi connectivity index (χ2v) is 9.74. The van der Waals surface area contributed by atoms with Gasteiger partial charge in [-0.1, -0.05) is 36.7 Å². The molecule has 1 N–H and O–H groups in total. The van der Waals surface area contributed by atoms with Crippen molar-refractivity contribution in [2.75, 3.05) is 39.0 Å². The number of rotatable bonds is 9. The Labute approximate surface area is 167 Å². The van der Waals surface area contributed by atoms with E-state index in [1.165, 1.54) is 12.8 Å². The molecule has 0 atom stereocenters. The molecule has 152 valence electrons. The van der Waals surface area contributed by atoms with Gasteiger partial charge in [-0.15, -0.1) is 0 Å². The first-order chi connectivity index (χ1) is 12.8. The van der Waals surface area contributed by atoms with Gasteiger partial charge < -0.3 is 10.2 Å². The van der Waals surface area contributed by atoms with Crippen LogP contribution in [0.1, 0.15) is 31.7 Å². The first-order valence-electron chi connectivity index (χ1n) is 9.43. The van der Waals surface area contributed by atoms with E-state index in [1.807, 2.05) is 0 Å². The molecule has 2 rings (SSSR count). The van der Waals surface area contributed by atoms with Crippen LogP contribution in [0.3, 0.4) is 0 Å². The maximum absolute atomic E-state index is 12.2. The summed E-state index contributed by atoms with van der Waals surface area (Å²) < 4.78 is 25.2. The summed E-state index contributed by atoms with van der Waals surface area (Å²) in [5.41, 5.74) is 0.678. The number of amides is 1. The van der Waals surface area contributed by atoms with Crippen LogP contribution in [0.25, 0.3) is 0 Å². The molecule has 1 saturated heterocycles. The van der Waals surface area contributed by atoms with Crippen LogP contribution in [-0.4, -0.2) is 62.5 Å². The van der Waals surface area contributed by atoms with Crippen LogP contribution in [0, 0.1) is 5.92 Å². The Morgan fingerprint density at radius 2 is 1.96 bits per heavy atom. The maximum Gasteiger partial charge on any atom is 0.235 e. The summed E-state index contributed by atoms with van der Waals surface area (Å²) >= 11 is 6.11. The summed E-state index contributed by atoms with van der Waals surface area (Å²) in [5, 5.41) is 3.32. The minimum atomic E-state index is -3.52. The molecule has 8 heteroatoms. The number of likely N-dealkylation sites (tertiary alicyclic amines) is 1. The number of halogens is 1. The van der Waals surface area contributed by atoms with Crippen molar-refractivity contribution in [2.24, 2.45) is 5.92 Å². The third-order valence-corrected chi connectivity index (χ3v) is 6.51. The molecule has 1 amide bonds. The first-order valence-corrected chi connectivity index (χ1v) is 11.7. The lowest BCUT2D eigenvalue weighted by molar-refractivity contribution is -0.121. The van der Waals surface area contributed by atoms with Crippen molar-refractivity contribution >= 4 is 27.5 Å². The number of hydrogen-bond donors (Lipinski definition) is 1. The lowest BCUT2D eigenvalue weighted by Gasteiger charge is -2.30. The van der Waals surface area contributed by atoms with Crippen molar-refractivity contribution in [3.05, 3.63) is 34.9 Å². The van der Waals surface area contributed by atoms with Crippen molar-refractivity contribution in [3.63, 3.8) is 0 Å². The Bertz CT molecular complexity index is 719. The highest BCUT2D eigenvalue weighted by Gasteiger charge is 2.21. The predicted molar refractivity (Wildman–Crippen MR) is 109 cm³/mol. The number of piperidine rings is 1. The third-order valence-electron chi connectivity index (χ3n) is 4.94. The number of nitrogens with one attached hydrogen (secondary N) is 1. The number of nitrogens with zero attached hydrogens (tertiary/aromatic N) is 2. The van der Waals surface area contributed by atoms with Crippen LogP contribution in [-0.2, 0) is 21.4 Å². The summed E-state index contributed by atoms with van der Waals surface area (Å²) in [4.78, 5) is 14.6. The summed E-state index contributed by atoms with van der Waals surface area (Å²) in [7, 11) is -3.52. The van der Waals surface area contributed by atoms with E-state index >= 15 is 0 Å². The average Bonchev–Trinajstić information content (AvgIpc) is 2.60. The Kier molecular flexibility index (Phi) is 8.54. The standard InChI is InChI=1S/C19H30ClN3O3S/c1-16-8-12-22(13-9-16)11-5-10-21-19(24)15-23(27(2,25)26)14-17-6-3-4-7-18(17)20/h3-4,6-7,16H,5,8-15H2,1-2H3,(H,21,24). The zero-order valence-electron chi connectivity index (χ0n) is 16.2. The SMILES string of the molecule is CC1CCN(CCCNC(=O)CN(Cc2ccccc2Cl)S(C)(=O)=O)CC1. The quantitative estimate of drug-likeness (QED) is 0.628. The van der Waals surface area contributed by atoms with Gasteiger partial charge in [-0.25, -0.2) is 8.42 Å². The van der Waals surface area contributed by atoms with Gasteiger partial charge >= 0.3 is 0 Å². The van der Waals surface area contributed by atoms with Crippen molar-refractivity contribution in [1.29, 1.82) is 0 Å². The van der Waals surface area contributed by atoms with Crippen LogP contribution >= 0.6 is 11.6 Å². The molecule has 1 aliphatic rings. The number of carbonyl (C=O) groups is 1. The minimum Gasteiger partial charge on any atom is -0.355 e. The fourth-order valence-corrected chi connectivity index (χ4v) is 4.06. The zero-order chi connectivity index (χ0) is 19.9. The van der Waals surface area contributed by atoms with Crippen LogP contribution in [0.15, 0.2) is 24.3 Å². The van der Waals surface area contributed by atoms with E-state index in [0.717, 1.165) is 42.5 Å². The Hall–Kier alpha value is -1.15. The van der Waals surface area contributed by atoms with Crippen molar-refractivity contribution in [1.82, 2.24) is 14.5 Å². The van der Waals surface area contributed by atoms with Gasteiger partial charge in [-0.2, -0.15) is 4.31 Å². The van der Waals surface area contributed by atoms with Crippen molar-refractivity contribution in [2.45, 2.75) is 32.7 Å². The number of sulfonamides is 1. The molecule has 1 heterocycles. The van der Waals surface area contributed by atoms with E-state index in [-0.39, 0.29) is 19.0 Å². The molecule has 0 bridgehead atoms. The highest BCUT2D eigenvalue weighted by Crippen LogP contribution is 2.18. The Morgan fingerprint density at radius 1 is 1.30 bits per heavy atom. The molecule has 0 spiro atoms. The van der Waals surface area contributed by atoms with Crippen LogP contribution < -0.4 is 5.32 Å². The van der Waals surface area contributed by atoms with Gasteiger partial charge in [0.1, 0.15) is 0 Å². The lowest BCUT2D eigenvalue weighted by Crippen LogP contribution is -2.41. The number of carbonyl (C=O) groups excluding carboxylic acids is 1. The van der Waals surface area contributed by atoms with E-state index in [1.54, 1.807) is 24.3 Å². The minimum absolute atomic E-state index is 0.0812. The fourth-order valence-electron chi connectivity index (χ4n) is 3.14. The fraction of sp³-hybridized carbons (Fsp3) is 0.632. The van der Waals surface area contributed by atoms with Crippen LogP contribution in [0.2, 0.25) is 5.02 Å². The Balaban J connectivity index is 1.77. The van der Waals surface area contributed by atoms with Gasteiger partial charge in [-0.05, 0) is 56.4 Å². The van der Waals surface area contributed by atoms with Gasteiger partial charge in [0.25, 0.3) is 0 Å². The number of hydrogen-bond acceptors (Lipinski definition) is 4. The van der Waals surface area contributed by atoms with Crippen LogP contribution in [0.5, 0.6) is 0 Å². The Morgan fingerprint density at radius 3 is 2.59 bits per heavy atom. The number of benzene rings is 1. The highest BCUT2D eigenvalue weighted by molar-refractivity contribution is 7.88. The summed E-state index contributed by atoms with van der Waals surface area (Å²) in [6.07, 6.45) is 4.44. The molecular formula is C19H30ClN3O3S. The molecule has 0 unspecified atom stereocenters. The van der Waals surface area contributed by atoms with Crippen molar-refractivity contribution < 1.29 is 13.2 Å². The van der Waals surface area contributed by atoms with Gasteiger partial charge in [0.05, 0.1) is 12.8 Å². The molecule has 6 nitrogen and oxygen atoms in total. The molecule has 1 aliphatic heterocycles. The van der Waals surface area contributed by atoms with E-state index in [4.69, 9.17) is 11.6 Å². The second kappa shape index (κ2) is 10.4. The largest absolute Gasteiger partial charge is 0.355 e. The van der Waals surface area contributed by atoms with Crippen molar-refractivity contribution in [3.8, 4) is 0 Å². The molecular weight excluding hydrogens is 386 g/mol. The van der Waals surface area contributed by atoms with E-state index in [2.05, 4.69) is 17.1 Å². The van der Waals surface area contributed by atoms with E-state index < -0.39 is 10.0 Å². The van der Waals surface area contributed by atoms with Gasteiger partial charge in [0, 0.05) is 18.1 Å². The van der Waals surface area contributed by atoms with E-state index in [9.17, 15) is 13.2 Å². The molecule has 1 aromatic rings. The summed E-state index contributed by atoms with van der Waals surface area (Å²) in [6, 6.07) is 7.05. The lowest BCUT2D eigenvalue weighted by atomic mass is 9.99. The topological polar surface area (TPSA) is 69.7 Å². The maximum atomic E-state index is 12.2. The van der Waals surface area contributed by atoms with Gasteiger partial charge in [0.2, 0.25) is 15.9 Å². The normalized spacial score (nSPS) is 16.6. The molecule has 0 saturated carbocycles. The predicted octanol–water partition coefficient (Wildman–Crippen LogP) is 2.34. The van der Waals surface area contributed by atoms with Crippen LogP contribution in [0.4, 0.5) is 0 Å². The monoisotopic (exact) mass is 415 g/mol. The summed E-state index contributed by atoms with van der Waals surface area (Å²) in [6.45, 7) is 5.91. The molecule has 0 radical (unpaired) electrons. The molecule has 27 heavy (non-hydrogen) atoms. The molecule has 1 aromatic carbocycles.